The largest absolute Gasteiger partial charge is 0.616 e. The molecule has 2 unspecified atom stereocenters. The van der Waals surface area contributed by atoms with Crippen LogP contribution in [0.2, 0.25) is 5.02 Å². The first-order valence-electron chi connectivity index (χ1n) is 10.4. The molecule has 31 heavy (non-hydrogen) atoms. The molecule has 4 atom stereocenters. The van der Waals surface area contributed by atoms with E-state index in [0.29, 0.717) is 11.3 Å². The van der Waals surface area contributed by atoms with Crippen LogP contribution in [-0.4, -0.2) is 49.1 Å². The third-order valence-electron chi connectivity index (χ3n) is 5.95. The Labute approximate surface area is 197 Å². The van der Waals surface area contributed by atoms with Crippen molar-refractivity contribution in [1.82, 2.24) is 4.90 Å². The molecule has 1 aromatic carbocycles. The number of hydrogen-bond donors (Lipinski definition) is 1. The zero-order valence-corrected chi connectivity index (χ0v) is 20.7. The quantitative estimate of drug-likeness (QED) is 0.461. The Morgan fingerprint density at radius 2 is 2.13 bits per heavy atom. The number of carbonyl (C=O) groups is 1. The van der Waals surface area contributed by atoms with E-state index in [2.05, 4.69) is 0 Å². The van der Waals surface area contributed by atoms with Gasteiger partial charge in [0.25, 0.3) is 5.91 Å². The van der Waals surface area contributed by atoms with E-state index < -0.39 is 33.4 Å². The monoisotopic (exact) mass is 488 g/mol. The minimum atomic E-state index is -1.20. The van der Waals surface area contributed by atoms with E-state index in [-0.39, 0.29) is 40.9 Å². The average molecular weight is 489 g/mol. The fourth-order valence-electron chi connectivity index (χ4n) is 3.97. The molecule has 172 valence electrons. The molecule has 0 radical (unpaired) electrons. The Hall–Kier alpha value is -0.930. The summed E-state index contributed by atoms with van der Waals surface area (Å²) in [4.78, 5) is 15.7. The Morgan fingerprint density at radius 3 is 2.65 bits per heavy atom. The number of amides is 1. The number of thiocarbonyl (C=S) groups is 1. The lowest BCUT2D eigenvalue weighted by Gasteiger charge is -2.48. The zero-order valence-electron chi connectivity index (χ0n) is 18.3. The standard InChI is InChI=1S/C22H30ClFN2O3S2/c1-21(2,3)31(28)12-18(13-5-6-13)26-17(14-7-8-15(23)16(24)9-14)11-29-22(4,20(26)27)10-19(25)30/h7-9,13,17-18H,5-6,10-12H2,1-4H3,(H2,25,30)/t17-,18?,22+,31?/m0/s1. The van der Waals surface area contributed by atoms with E-state index in [1.807, 2.05) is 20.8 Å². The van der Waals surface area contributed by atoms with Gasteiger partial charge >= 0.3 is 0 Å². The van der Waals surface area contributed by atoms with Gasteiger partial charge in [0.2, 0.25) is 0 Å². The fraction of sp³-hybridized carbons (Fsp3) is 0.636. The summed E-state index contributed by atoms with van der Waals surface area (Å²) < 4.78 is 32.9. The number of nitrogens with zero attached hydrogens (tertiary/aromatic N) is 1. The lowest BCUT2D eigenvalue weighted by atomic mass is 9.92. The number of ether oxygens (including phenoxy) is 1. The molecule has 2 aliphatic rings. The van der Waals surface area contributed by atoms with Crippen molar-refractivity contribution in [3.8, 4) is 0 Å². The summed E-state index contributed by atoms with van der Waals surface area (Å²) in [5.41, 5.74) is 5.14. The Morgan fingerprint density at radius 1 is 1.48 bits per heavy atom. The second-order valence-electron chi connectivity index (χ2n) is 9.62. The maximum absolute atomic E-state index is 14.3. The van der Waals surface area contributed by atoms with E-state index in [1.165, 1.54) is 12.1 Å². The van der Waals surface area contributed by atoms with Gasteiger partial charge < -0.3 is 19.9 Å². The predicted molar refractivity (Wildman–Crippen MR) is 126 cm³/mol. The molecule has 5 nitrogen and oxygen atoms in total. The molecule has 0 aromatic heterocycles. The molecule has 1 amide bonds. The Balaban J connectivity index is 2.02. The maximum Gasteiger partial charge on any atom is 0.255 e. The SMILES string of the molecule is CC(C)(C)[S+]([O-])CC(C1CC1)N1C(=O)[C@@](C)(CC(N)=S)OC[C@H]1c1ccc(Cl)c(F)c1. The predicted octanol–water partition coefficient (Wildman–Crippen LogP) is 4.14. The van der Waals surface area contributed by atoms with Crippen molar-refractivity contribution >= 4 is 45.9 Å². The summed E-state index contributed by atoms with van der Waals surface area (Å²) in [6.45, 7) is 7.63. The molecule has 2 N–H and O–H groups in total. The summed E-state index contributed by atoms with van der Waals surface area (Å²) in [5, 5.41) is 0.0178. The van der Waals surface area contributed by atoms with Crippen molar-refractivity contribution in [2.24, 2.45) is 11.7 Å². The van der Waals surface area contributed by atoms with Gasteiger partial charge in [0.15, 0.2) is 0 Å². The third kappa shape index (κ3) is 5.53. The van der Waals surface area contributed by atoms with E-state index in [9.17, 15) is 13.7 Å². The molecule has 9 heteroatoms. The van der Waals surface area contributed by atoms with Crippen LogP contribution in [0.5, 0.6) is 0 Å². The highest BCUT2D eigenvalue weighted by Gasteiger charge is 2.52. The topological polar surface area (TPSA) is 78.6 Å². The number of hydrogen-bond acceptors (Lipinski definition) is 4. The molecule has 1 aromatic rings. The van der Waals surface area contributed by atoms with Crippen LogP contribution >= 0.6 is 23.8 Å². The summed E-state index contributed by atoms with van der Waals surface area (Å²) in [5.74, 6) is -0.198. The Bertz CT molecular complexity index is 862. The fourth-order valence-corrected chi connectivity index (χ4v) is 5.60. The van der Waals surface area contributed by atoms with Crippen molar-refractivity contribution in [2.75, 3.05) is 12.4 Å². The lowest BCUT2D eigenvalue weighted by molar-refractivity contribution is -0.181. The minimum absolute atomic E-state index is 0.0178. The number of benzene rings is 1. The number of rotatable bonds is 7. The molecule has 1 heterocycles. The van der Waals surface area contributed by atoms with Crippen LogP contribution < -0.4 is 5.73 Å². The first-order chi connectivity index (χ1) is 14.3. The van der Waals surface area contributed by atoms with Crippen molar-refractivity contribution < 1.29 is 18.5 Å². The van der Waals surface area contributed by atoms with Crippen LogP contribution in [0.3, 0.4) is 0 Å². The van der Waals surface area contributed by atoms with Crippen molar-refractivity contribution in [1.29, 1.82) is 0 Å². The van der Waals surface area contributed by atoms with Crippen LogP contribution in [0.15, 0.2) is 18.2 Å². The zero-order chi connectivity index (χ0) is 23.1. The number of halogens is 2. The molecule has 1 saturated carbocycles. The van der Waals surface area contributed by atoms with Crippen molar-refractivity contribution in [2.45, 2.75) is 69.4 Å². The molecule has 0 spiro atoms. The number of nitrogens with two attached hydrogens (primary N) is 1. The minimum Gasteiger partial charge on any atom is -0.616 e. The summed E-state index contributed by atoms with van der Waals surface area (Å²) in [6, 6.07) is 3.78. The molecule has 1 aliphatic carbocycles. The number of carbonyl (C=O) groups excluding carboxylic acids is 1. The summed E-state index contributed by atoms with van der Waals surface area (Å²) in [6.07, 6.45) is 2.04. The van der Waals surface area contributed by atoms with Gasteiger partial charge in [-0.3, -0.25) is 4.79 Å². The first-order valence-corrected chi connectivity index (χ1v) is 12.5. The second kappa shape index (κ2) is 9.14. The van der Waals surface area contributed by atoms with Gasteiger partial charge in [0, 0.05) is 6.42 Å². The molecular weight excluding hydrogens is 459 g/mol. The van der Waals surface area contributed by atoms with Gasteiger partial charge in [-0.2, -0.15) is 0 Å². The molecule has 1 aliphatic heterocycles. The molecule has 3 rings (SSSR count). The lowest BCUT2D eigenvalue weighted by Crippen LogP contribution is -2.62. The van der Waals surface area contributed by atoms with E-state index >= 15 is 0 Å². The van der Waals surface area contributed by atoms with Gasteiger partial charge in [-0.1, -0.05) is 29.9 Å². The first kappa shape index (κ1) is 24.7. The third-order valence-corrected chi connectivity index (χ3v) is 8.41. The highest BCUT2D eigenvalue weighted by Crippen LogP contribution is 2.44. The van der Waals surface area contributed by atoms with Gasteiger partial charge in [-0.15, -0.1) is 0 Å². The highest BCUT2D eigenvalue weighted by molar-refractivity contribution is 7.92. The van der Waals surface area contributed by atoms with Gasteiger partial charge in [0.1, 0.15) is 21.9 Å². The number of morpholine rings is 1. The summed E-state index contributed by atoms with van der Waals surface area (Å²) >= 11 is 9.77. The second-order valence-corrected chi connectivity index (χ2v) is 12.8. The van der Waals surface area contributed by atoms with Gasteiger partial charge in [-0.05, 0) is 75.3 Å². The van der Waals surface area contributed by atoms with Crippen LogP contribution in [0, 0.1) is 11.7 Å². The van der Waals surface area contributed by atoms with Crippen LogP contribution in [0.25, 0.3) is 0 Å². The smallest absolute Gasteiger partial charge is 0.255 e. The van der Waals surface area contributed by atoms with Gasteiger partial charge in [-0.25, -0.2) is 4.39 Å². The van der Waals surface area contributed by atoms with E-state index in [0.717, 1.165) is 12.8 Å². The molecule has 1 saturated heterocycles. The maximum atomic E-state index is 14.3. The van der Waals surface area contributed by atoms with Crippen LogP contribution in [0.4, 0.5) is 4.39 Å². The normalized spacial score (nSPS) is 26.6. The van der Waals surface area contributed by atoms with Crippen molar-refractivity contribution in [3.05, 3.63) is 34.6 Å². The van der Waals surface area contributed by atoms with E-state index in [4.69, 9.17) is 34.3 Å². The average Bonchev–Trinajstić information content (AvgIpc) is 3.48. The van der Waals surface area contributed by atoms with Crippen LogP contribution in [-0.2, 0) is 20.7 Å². The molecular formula is C22H30ClFN2O3S2. The van der Waals surface area contributed by atoms with Crippen LogP contribution in [0.1, 0.15) is 58.6 Å². The highest BCUT2D eigenvalue weighted by atomic mass is 35.5. The molecule has 2 fully saturated rings. The Kier molecular flexibility index (Phi) is 7.28. The van der Waals surface area contributed by atoms with E-state index in [1.54, 1.807) is 17.9 Å². The van der Waals surface area contributed by atoms with Gasteiger partial charge in [0.05, 0.1) is 28.7 Å². The summed E-state index contributed by atoms with van der Waals surface area (Å²) in [7, 11) is 0. The van der Waals surface area contributed by atoms with Crippen molar-refractivity contribution in [3.63, 3.8) is 0 Å². The molecule has 0 bridgehead atoms.